The second kappa shape index (κ2) is 9.65. The van der Waals surface area contributed by atoms with Crippen LogP contribution in [0.15, 0.2) is 65.8 Å². The summed E-state index contributed by atoms with van der Waals surface area (Å²) in [6.45, 7) is 4.11. The molecule has 0 bridgehead atoms. The Morgan fingerprint density at radius 1 is 1.15 bits per heavy atom. The van der Waals surface area contributed by atoms with Gasteiger partial charge in [0.15, 0.2) is 0 Å². The highest BCUT2D eigenvalue weighted by Crippen LogP contribution is 2.25. The normalized spacial score (nSPS) is 20.1. The van der Waals surface area contributed by atoms with Crippen molar-refractivity contribution in [2.24, 2.45) is 7.05 Å². The van der Waals surface area contributed by atoms with Crippen molar-refractivity contribution in [2.45, 2.75) is 37.0 Å². The number of carbonyl (C=O) groups is 1. The van der Waals surface area contributed by atoms with Gasteiger partial charge in [0.1, 0.15) is 17.7 Å². The number of hydrogen-bond donors (Lipinski definition) is 1. The molecule has 3 atom stereocenters. The van der Waals surface area contributed by atoms with Gasteiger partial charge in [0.25, 0.3) is 5.91 Å². The van der Waals surface area contributed by atoms with Gasteiger partial charge in [0, 0.05) is 43.7 Å². The van der Waals surface area contributed by atoms with Gasteiger partial charge in [-0.05, 0) is 38.1 Å². The van der Waals surface area contributed by atoms with Gasteiger partial charge in [0.2, 0.25) is 10.0 Å². The van der Waals surface area contributed by atoms with Crippen LogP contribution in [0, 0.1) is 5.82 Å². The molecule has 1 aromatic heterocycles. The van der Waals surface area contributed by atoms with Crippen molar-refractivity contribution >= 4 is 15.9 Å². The van der Waals surface area contributed by atoms with Crippen LogP contribution >= 0.6 is 0 Å². The SMILES string of the molecule is C[C@@H]1CN(S(=O)(=O)c2cccc(C(=O)N[C@@H](c3ccccc3F)c3nccn3C)c2)C[C@H](C)O1. The summed E-state index contributed by atoms with van der Waals surface area (Å²) in [5.74, 6) is -0.585. The summed E-state index contributed by atoms with van der Waals surface area (Å²) in [6, 6.07) is 11.1. The number of carbonyl (C=O) groups excluding carboxylic acids is 1. The molecule has 1 aliphatic rings. The second-order valence-corrected chi connectivity index (χ2v) is 10.4. The van der Waals surface area contributed by atoms with Gasteiger partial charge in [-0.2, -0.15) is 4.31 Å². The zero-order chi connectivity index (χ0) is 24.5. The molecule has 2 heterocycles. The molecule has 4 rings (SSSR count). The number of aryl methyl sites for hydroxylation is 1. The number of ether oxygens (including phenoxy) is 1. The Balaban J connectivity index is 1.64. The van der Waals surface area contributed by atoms with Crippen LogP contribution in [0.1, 0.15) is 41.6 Å². The molecule has 1 N–H and O–H groups in total. The van der Waals surface area contributed by atoms with Crippen molar-refractivity contribution in [3.05, 3.63) is 83.7 Å². The Morgan fingerprint density at radius 2 is 1.85 bits per heavy atom. The first kappa shape index (κ1) is 24.1. The molecule has 0 radical (unpaired) electrons. The largest absolute Gasteiger partial charge is 0.373 e. The highest BCUT2D eigenvalue weighted by Gasteiger charge is 2.33. The third-order valence-electron chi connectivity index (χ3n) is 5.73. The van der Waals surface area contributed by atoms with E-state index in [1.807, 2.05) is 13.8 Å². The minimum absolute atomic E-state index is 0.0147. The lowest BCUT2D eigenvalue weighted by Gasteiger charge is -2.34. The van der Waals surface area contributed by atoms with E-state index in [2.05, 4.69) is 10.3 Å². The Morgan fingerprint density at radius 3 is 2.50 bits per heavy atom. The molecule has 0 aliphatic carbocycles. The molecule has 34 heavy (non-hydrogen) atoms. The van der Waals surface area contributed by atoms with E-state index in [-0.39, 0.29) is 41.3 Å². The third kappa shape index (κ3) is 4.89. The molecule has 1 amide bonds. The monoisotopic (exact) mass is 486 g/mol. The summed E-state index contributed by atoms with van der Waals surface area (Å²) in [7, 11) is -2.07. The van der Waals surface area contributed by atoms with Crippen molar-refractivity contribution in [1.29, 1.82) is 0 Å². The molecule has 0 unspecified atom stereocenters. The number of halogens is 1. The second-order valence-electron chi connectivity index (χ2n) is 8.43. The van der Waals surface area contributed by atoms with E-state index in [4.69, 9.17) is 4.74 Å². The summed E-state index contributed by atoms with van der Waals surface area (Å²) < 4.78 is 49.8. The molecule has 1 saturated heterocycles. The van der Waals surface area contributed by atoms with Gasteiger partial charge in [-0.25, -0.2) is 17.8 Å². The van der Waals surface area contributed by atoms with E-state index in [1.165, 1.54) is 34.6 Å². The Bertz CT molecular complexity index is 1280. The number of rotatable bonds is 6. The van der Waals surface area contributed by atoms with Crippen LogP contribution in [-0.2, 0) is 21.8 Å². The highest BCUT2D eigenvalue weighted by molar-refractivity contribution is 7.89. The van der Waals surface area contributed by atoms with Crippen LogP contribution in [-0.4, -0.2) is 53.5 Å². The lowest BCUT2D eigenvalue weighted by Crippen LogP contribution is -2.48. The molecule has 2 aromatic carbocycles. The van der Waals surface area contributed by atoms with Crippen LogP contribution in [0.2, 0.25) is 0 Å². The maximum Gasteiger partial charge on any atom is 0.252 e. The zero-order valence-electron chi connectivity index (χ0n) is 19.2. The van der Waals surface area contributed by atoms with Gasteiger partial charge in [-0.3, -0.25) is 4.79 Å². The van der Waals surface area contributed by atoms with Gasteiger partial charge in [-0.1, -0.05) is 24.3 Å². The van der Waals surface area contributed by atoms with E-state index >= 15 is 0 Å². The molecule has 0 spiro atoms. The predicted octanol–water partition coefficient (Wildman–Crippen LogP) is 2.88. The minimum atomic E-state index is -3.82. The van der Waals surface area contributed by atoms with E-state index in [0.717, 1.165) is 0 Å². The average Bonchev–Trinajstić information content (AvgIpc) is 3.23. The number of imidazole rings is 1. The van der Waals surface area contributed by atoms with Crippen LogP contribution in [0.25, 0.3) is 0 Å². The minimum Gasteiger partial charge on any atom is -0.373 e. The summed E-state index contributed by atoms with van der Waals surface area (Å²) in [6.07, 6.45) is 2.80. The fourth-order valence-electron chi connectivity index (χ4n) is 4.13. The first-order valence-corrected chi connectivity index (χ1v) is 12.4. The fourth-order valence-corrected chi connectivity index (χ4v) is 5.77. The van der Waals surface area contributed by atoms with Crippen molar-refractivity contribution in [3.8, 4) is 0 Å². The number of morpholine rings is 1. The first-order valence-electron chi connectivity index (χ1n) is 10.9. The van der Waals surface area contributed by atoms with E-state index < -0.39 is 27.8 Å². The van der Waals surface area contributed by atoms with Crippen molar-refractivity contribution in [3.63, 3.8) is 0 Å². The molecule has 1 fully saturated rings. The number of aromatic nitrogens is 2. The average molecular weight is 487 g/mol. The lowest BCUT2D eigenvalue weighted by atomic mass is 10.0. The quantitative estimate of drug-likeness (QED) is 0.578. The topological polar surface area (TPSA) is 93.5 Å². The first-order chi connectivity index (χ1) is 16.2. The van der Waals surface area contributed by atoms with E-state index in [1.54, 1.807) is 42.2 Å². The number of nitrogens with zero attached hydrogens (tertiary/aromatic N) is 3. The summed E-state index contributed by atoms with van der Waals surface area (Å²) in [5.41, 5.74) is 0.399. The maximum atomic E-state index is 14.6. The van der Waals surface area contributed by atoms with Crippen molar-refractivity contribution in [1.82, 2.24) is 19.2 Å². The van der Waals surface area contributed by atoms with Gasteiger partial charge < -0.3 is 14.6 Å². The van der Waals surface area contributed by atoms with Crippen LogP contribution in [0.3, 0.4) is 0 Å². The Labute approximate surface area is 198 Å². The van der Waals surface area contributed by atoms with Crippen LogP contribution < -0.4 is 5.32 Å². The zero-order valence-corrected chi connectivity index (χ0v) is 20.0. The van der Waals surface area contributed by atoms with Gasteiger partial charge in [0.05, 0.1) is 17.1 Å². The summed E-state index contributed by atoms with van der Waals surface area (Å²) in [4.78, 5) is 17.5. The van der Waals surface area contributed by atoms with Crippen LogP contribution in [0.4, 0.5) is 4.39 Å². The lowest BCUT2D eigenvalue weighted by molar-refractivity contribution is -0.0440. The molecular weight excluding hydrogens is 459 g/mol. The molecule has 10 heteroatoms. The third-order valence-corrected chi connectivity index (χ3v) is 7.56. The number of amides is 1. The maximum absolute atomic E-state index is 14.6. The molecule has 0 saturated carbocycles. The Hall–Kier alpha value is -3.08. The summed E-state index contributed by atoms with van der Waals surface area (Å²) in [5, 5.41) is 2.82. The fraction of sp³-hybridized carbons (Fsp3) is 0.333. The molecular formula is C24H27FN4O4S. The van der Waals surface area contributed by atoms with Crippen molar-refractivity contribution in [2.75, 3.05) is 13.1 Å². The number of hydrogen-bond acceptors (Lipinski definition) is 5. The number of nitrogens with one attached hydrogen (secondary N) is 1. The van der Waals surface area contributed by atoms with Gasteiger partial charge in [-0.15, -0.1) is 0 Å². The standard InChI is InChI=1S/C24H27FN4O4S/c1-16-14-29(15-17(2)33-16)34(31,32)19-8-6-7-18(13-19)24(30)27-22(23-26-11-12-28(23)3)20-9-4-5-10-21(20)25/h4-13,16-17,22H,14-15H2,1-3H3,(H,27,30)/t16-,17+,22-/m0/s1. The number of benzene rings is 2. The Kier molecular flexibility index (Phi) is 6.83. The summed E-state index contributed by atoms with van der Waals surface area (Å²) >= 11 is 0. The van der Waals surface area contributed by atoms with E-state index in [0.29, 0.717) is 5.82 Å². The molecule has 3 aromatic rings. The van der Waals surface area contributed by atoms with Crippen LogP contribution in [0.5, 0.6) is 0 Å². The molecule has 8 nitrogen and oxygen atoms in total. The molecule has 1 aliphatic heterocycles. The molecule has 180 valence electrons. The van der Waals surface area contributed by atoms with Crippen molar-refractivity contribution < 1.29 is 22.3 Å². The smallest absolute Gasteiger partial charge is 0.252 e. The predicted molar refractivity (Wildman–Crippen MR) is 124 cm³/mol. The van der Waals surface area contributed by atoms with E-state index in [9.17, 15) is 17.6 Å². The van der Waals surface area contributed by atoms with Gasteiger partial charge >= 0.3 is 0 Å². The number of sulfonamides is 1. The highest BCUT2D eigenvalue weighted by atomic mass is 32.2.